The van der Waals surface area contributed by atoms with Gasteiger partial charge in [-0.3, -0.25) is 14.2 Å². The Kier molecular flexibility index (Phi) is 3.65. The molecule has 0 spiro atoms. The number of nitrogens with zero attached hydrogens (tertiary/aromatic N) is 4. The molecule has 0 saturated heterocycles. The fraction of sp³-hybridized carbons (Fsp3) is 0.250. The summed E-state index contributed by atoms with van der Waals surface area (Å²) in [4.78, 5) is 27.7. The van der Waals surface area contributed by atoms with Crippen LogP contribution in [0.5, 0.6) is 0 Å². The van der Waals surface area contributed by atoms with Gasteiger partial charge in [0, 0.05) is 41.4 Å². The van der Waals surface area contributed by atoms with E-state index in [0.29, 0.717) is 11.5 Å². The van der Waals surface area contributed by atoms with Gasteiger partial charge in [0.25, 0.3) is 0 Å². The summed E-state index contributed by atoms with van der Waals surface area (Å²) < 4.78 is 3.30. The molecule has 0 aromatic carbocycles. The lowest BCUT2D eigenvalue weighted by Crippen LogP contribution is -2.26. The maximum atomic E-state index is 12.3. The highest BCUT2D eigenvalue weighted by Gasteiger charge is 2.34. The highest BCUT2D eigenvalue weighted by molar-refractivity contribution is 7.12. The van der Waals surface area contributed by atoms with E-state index in [4.69, 9.17) is 5.11 Å². The summed E-state index contributed by atoms with van der Waals surface area (Å²) in [5, 5.41) is 18.9. The van der Waals surface area contributed by atoms with Gasteiger partial charge in [0.1, 0.15) is 12.4 Å². The van der Waals surface area contributed by atoms with Crippen LogP contribution in [-0.4, -0.2) is 36.3 Å². The zero-order valence-corrected chi connectivity index (χ0v) is 14.2. The molecule has 3 aromatic rings. The minimum absolute atomic E-state index is 0.157. The molecule has 0 saturated carbocycles. The molecule has 0 radical (unpaired) electrons. The van der Waals surface area contributed by atoms with Gasteiger partial charge in [-0.15, -0.1) is 11.3 Å². The van der Waals surface area contributed by atoms with Crippen molar-refractivity contribution >= 4 is 29.0 Å². The maximum Gasteiger partial charge on any atom is 0.325 e. The first-order valence-electron chi connectivity index (χ1n) is 7.70. The van der Waals surface area contributed by atoms with Gasteiger partial charge in [-0.2, -0.15) is 5.10 Å². The average molecular weight is 357 g/mol. The van der Waals surface area contributed by atoms with E-state index in [9.17, 15) is 9.59 Å². The van der Waals surface area contributed by atoms with E-state index in [-0.39, 0.29) is 24.8 Å². The molecule has 1 amide bonds. The molecule has 0 fully saturated rings. The van der Waals surface area contributed by atoms with Crippen LogP contribution in [0, 0.1) is 6.92 Å². The van der Waals surface area contributed by atoms with Gasteiger partial charge in [-0.25, -0.2) is 9.67 Å². The summed E-state index contributed by atoms with van der Waals surface area (Å²) in [6.07, 6.45) is 3.93. The summed E-state index contributed by atoms with van der Waals surface area (Å²) in [7, 11) is 0. The van der Waals surface area contributed by atoms with Gasteiger partial charge in [0.15, 0.2) is 5.13 Å². The fourth-order valence-electron chi connectivity index (χ4n) is 3.30. The first kappa shape index (κ1) is 15.6. The van der Waals surface area contributed by atoms with Gasteiger partial charge in [-0.1, -0.05) is 0 Å². The number of carbonyl (C=O) groups excluding carboxylic acids is 1. The summed E-state index contributed by atoms with van der Waals surface area (Å²) in [5.74, 6) is -0.901. The van der Waals surface area contributed by atoms with Crippen molar-refractivity contribution in [3.63, 3.8) is 0 Å². The predicted octanol–water partition coefficient (Wildman–Crippen LogP) is 2.00. The van der Waals surface area contributed by atoms with E-state index in [2.05, 4.69) is 15.4 Å². The van der Waals surface area contributed by atoms with Gasteiger partial charge in [0.05, 0.1) is 5.69 Å². The minimum Gasteiger partial charge on any atom is -0.480 e. The molecule has 4 heterocycles. The van der Waals surface area contributed by atoms with Gasteiger partial charge >= 0.3 is 5.97 Å². The number of anilines is 1. The second-order valence-corrected chi connectivity index (χ2v) is 6.69. The molecule has 8 nitrogen and oxygen atoms in total. The van der Waals surface area contributed by atoms with E-state index >= 15 is 0 Å². The fourth-order valence-corrected chi connectivity index (χ4v) is 3.94. The third-order valence-corrected chi connectivity index (χ3v) is 4.99. The number of carboxylic acid groups (broad SMARTS) is 1. The van der Waals surface area contributed by atoms with Crippen molar-refractivity contribution in [2.75, 3.05) is 5.32 Å². The molecule has 3 aromatic heterocycles. The molecule has 9 heteroatoms. The average Bonchev–Trinajstić information content (AvgIpc) is 3.27. The Balaban J connectivity index is 1.84. The first-order chi connectivity index (χ1) is 12.0. The largest absolute Gasteiger partial charge is 0.480 e. The third-order valence-electron chi connectivity index (χ3n) is 4.22. The molecule has 25 heavy (non-hydrogen) atoms. The number of aryl methyl sites for hydroxylation is 1. The Bertz CT molecular complexity index is 957. The van der Waals surface area contributed by atoms with Crippen molar-refractivity contribution in [3.8, 4) is 5.13 Å². The summed E-state index contributed by atoms with van der Waals surface area (Å²) in [6, 6.07) is 3.88. The Morgan fingerprint density at radius 1 is 1.52 bits per heavy atom. The first-order valence-corrected chi connectivity index (χ1v) is 8.58. The van der Waals surface area contributed by atoms with Gasteiger partial charge in [0.2, 0.25) is 5.91 Å². The van der Waals surface area contributed by atoms with Crippen molar-refractivity contribution in [1.82, 2.24) is 19.3 Å². The van der Waals surface area contributed by atoms with Crippen molar-refractivity contribution in [1.29, 1.82) is 0 Å². The van der Waals surface area contributed by atoms with E-state index in [0.717, 1.165) is 16.4 Å². The quantitative estimate of drug-likeness (QED) is 0.743. The maximum absolute atomic E-state index is 12.3. The van der Waals surface area contributed by atoms with Crippen LogP contribution in [0.3, 0.4) is 0 Å². The van der Waals surface area contributed by atoms with Crippen LogP contribution in [-0.2, 0) is 16.1 Å². The van der Waals surface area contributed by atoms with Crippen LogP contribution in [0.15, 0.2) is 29.9 Å². The van der Waals surface area contributed by atoms with E-state index in [1.54, 1.807) is 6.20 Å². The van der Waals surface area contributed by atoms with Gasteiger partial charge in [-0.05, 0) is 19.1 Å². The summed E-state index contributed by atoms with van der Waals surface area (Å²) >= 11 is 1.51. The zero-order chi connectivity index (χ0) is 17.6. The van der Waals surface area contributed by atoms with E-state index < -0.39 is 5.97 Å². The van der Waals surface area contributed by atoms with Crippen molar-refractivity contribution in [2.24, 2.45) is 0 Å². The monoisotopic (exact) mass is 357 g/mol. The number of fused-ring (bicyclic) bond motifs is 1. The zero-order valence-electron chi connectivity index (χ0n) is 13.3. The van der Waals surface area contributed by atoms with Crippen LogP contribution in [0.1, 0.15) is 29.3 Å². The molecule has 1 unspecified atom stereocenters. The lowest BCUT2D eigenvalue weighted by Gasteiger charge is -2.24. The number of hydrogen-bond donors (Lipinski definition) is 2. The number of thiazole rings is 1. The number of hydrogen-bond acceptors (Lipinski definition) is 5. The number of amides is 1. The normalized spacial score (nSPS) is 16.5. The smallest absolute Gasteiger partial charge is 0.325 e. The Hall–Kier alpha value is -2.94. The van der Waals surface area contributed by atoms with Crippen LogP contribution in [0.2, 0.25) is 0 Å². The Morgan fingerprint density at radius 2 is 2.36 bits per heavy atom. The SMILES string of the molecule is Cc1nn(CC(=O)O)c2c1C(c1cccn1-c1nccs1)CC(=O)N2. The van der Waals surface area contributed by atoms with Crippen LogP contribution >= 0.6 is 11.3 Å². The Morgan fingerprint density at radius 3 is 3.08 bits per heavy atom. The standard InChI is InChI=1S/C16H15N5O3S/c1-9-14-10(11-3-2-5-20(11)16-17-4-6-25-16)7-12(22)18-15(14)21(19-9)8-13(23)24/h2-6,10H,7-8H2,1H3,(H,18,22)(H,23,24). The van der Waals surface area contributed by atoms with Crippen molar-refractivity contribution < 1.29 is 14.7 Å². The summed E-state index contributed by atoms with van der Waals surface area (Å²) in [5.41, 5.74) is 2.51. The van der Waals surface area contributed by atoms with Crippen molar-refractivity contribution in [3.05, 3.63) is 46.9 Å². The molecule has 128 valence electrons. The number of nitrogens with one attached hydrogen (secondary N) is 1. The molecule has 1 aliphatic heterocycles. The Labute approximate surface area is 146 Å². The van der Waals surface area contributed by atoms with E-state index in [1.165, 1.54) is 16.0 Å². The number of aliphatic carboxylic acids is 1. The number of carbonyl (C=O) groups is 2. The number of aromatic nitrogens is 4. The van der Waals surface area contributed by atoms with Gasteiger partial charge < -0.3 is 10.4 Å². The highest BCUT2D eigenvalue weighted by Crippen LogP contribution is 2.40. The highest BCUT2D eigenvalue weighted by atomic mass is 32.1. The predicted molar refractivity (Wildman–Crippen MR) is 91.1 cm³/mol. The third kappa shape index (κ3) is 2.62. The molecule has 0 bridgehead atoms. The van der Waals surface area contributed by atoms with Crippen molar-refractivity contribution in [2.45, 2.75) is 25.8 Å². The second-order valence-electron chi connectivity index (χ2n) is 5.82. The van der Waals surface area contributed by atoms with Crippen LogP contribution in [0.25, 0.3) is 5.13 Å². The molecule has 0 aliphatic carbocycles. The van der Waals surface area contributed by atoms with Crippen LogP contribution in [0.4, 0.5) is 5.82 Å². The molecular formula is C16H15N5O3S. The molecule has 1 atom stereocenters. The van der Waals surface area contributed by atoms with E-state index in [1.807, 2.05) is 35.2 Å². The molecule has 4 rings (SSSR count). The molecular weight excluding hydrogens is 342 g/mol. The molecule has 1 aliphatic rings. The molecule has 2 N–H and O–H groups in total. The topological polar surface area (TPSA) is 102 Å². The number of rotatable bonds is 4. The summed E-state index contributed by atoms with van der Waals surface area (Å²) in [6.45, 7) is 1.54. The second kappa shape index (κ2) is 5.85. The minimum atomic E-state index is -1.01. The number of carboxylic acids is 1. The van der Waals surface area contributed by atoms with Crippen LogP contribution < -0.4 is 5.32 Å². The lowest BCUT2D eigenvalue weighted by molar-refractivity contribution is -0.137. The lowest BCUT2D eigenvalue weighted by atomic mass is 9.89.